The largest absolute Gasteiger partial charge is 0.468 e. The molecule has 0 spiro atoms. The van der Waals surface area contributed by atoms with Crippen molar-refractivity contribution >= 4 is 16.0 Å². The predicted molar refractivity (Wildman–Crippen MR) is 106 cm³/mol. The van der Waals surface area contributed by atoms with Gasteiger partial charge in [-0.1, -0.05) is 60.2 Å². The molecule has 0 saturated carbocycles. The molecule has 2 aromatic rings. The fourth-order valence-electron chi connectivity index (χ4n) is 3.95. The number of benzene rings is 2. The van der Waals surface area contributed by atoms with E-state index in [4.69, 9.17) is 4.74 Å². The summed E-state index contributed by atoms with van der Waals surface area (Å²) in [5.74, 6) is -0.408. The highest BCUT2D eigenvalue weighted by molar-refractivity contribution is 7.89. The van der Waals surface area contributed by atoms with E-state index >= 15 is 0 Å². The molecule has 1 heterocycles. The quantitative estimate of drug-likeness (QED) is 0.747. The first kappa shape index (κ1) is 18.7. The molecule has 0 radical (unpaired) electrons. The van der Waals surface area contributed by atoms with E-state index in [9.17, 15) is 13.2 Å². The molecule has 2 aromatic carbocycles. The summed E-state index contributed by atoms with van der Waals surface area (Å²) in [6, 6.07) is 16.2. The van der Waals surface area contributed by atoms with E-state index in [1.165, 1.54) is 11.4 Å². The van der Waals surface area contributed by atoms with Crippen molar-refractivity contribution in [2.45, 2.75) is 17.2 Å². The van der Waals surface area contributed by atoms with Gasteiger partial charge in [-0.05, 0) is 35.8 Å². The van der Waals surface area contributed by atoms with Crippen molar-refractivity contribution in [2.24, 2.45) is 0 Å². The molecule has 0 bridgehead atoms. The van der Waals surface area contributed by atoms with Gasteiger partial charge in [-0.3, -0.25) is 4.79 Å². The Kier molecular flexibility index (Phi) is 4.48. The Morgan fingerprint density at radius 2 is 1.71 bits per heavy atom. The molecule has 0 fully saturated rings. The molecular weight excluding hydrogens is 374 g/mol. The highest BCUT2D eigenvalue weighted by Crippen LogP contribution is 2.45. The standard InChI is InChI=1S/C22H21NO4S/c1-16-8-10-19(11-9-16)28(25,26)23-14-17-12-13-22(20(17)15-23,21(24)27-2)18-6-4-3-5-7-18/h3-13H,14-15H2,1-2H3. The number of ether oxygens (including phenoxy) is 1. The lowest BCUT2D eigenvalue weighted by molar-refractivity contribution is -0.144. The Labute approximate surface area is 165 Å². The van der Waals surface area contributed by atoms with E-state index in [-0.39, 0.29) is 18.0 Å². The second-order valence-electron chi connectivity index (χ2n) is 7.09. The Balaban J connectivity index is 1.73. The molecule has 1 atom stereocenters. The highest BCUT2D eigenvalue weighted by atomic mass is 32.2. The Bertz CT molecular complexity index is 1090. The van der Waals surface area contributed by atoms with Crippen molar-refractivity contribution < 1.29 is 17.9 Å². The predicted octanol–water partition coefficient (Wildman–Crippen LogP) is 2.98. The lowest BCUT2D eigenvalue weighted by Crippen LogP contribution is -2.39. The van der Waals surface area contributed by atoms with Gasteiger partial charge in [0.25, 0.3) is 0 Å². The monoisotopic (exact) mass is 395 g/mol. The molecule has 1 unspecified atom stereocenters. The second kappa shape index (κ2) is 6.72. The number of carbonyl (C=O) groups is 1. The maximum absolute atomic E-state index is 13.1. The summed E-state index contributed by atoms with van der Waals surface area (Å²) in [6.45, 7) is 2.31. The number of methoxy groups -OCH3 is 1. The first-order chi connectivity index (χ1) is 13.4. The van der Waals surface area contributed by atoms with Crippen molar-refractivity contribution in [1.29, 1.82) is 0 Å². The fraction of sp³-hybridized carbons (Fsp3) is 0.227. The minimum absolute atomic E-state index is 0.155. The van der Waals surface area contributed by atoms with Gasteiger partial charge in [0.15, 0.2) is 0 Å². The van der Waals surface area contributed by atoms with Crippen LogP contribution in [0, 0.1) is 6.92 Å². The van der Waals surface area contributed by atoms with Crippen LogP contribution in [-0.2, 0) is 25.0 Å². The minimum Gasteiger partial charge on any atom is -0.468 e. The zero-order chi connectivity index (χ0) is 19.9. The van der Waals surface area contributed by atoms with Crippen LogP contribution in [0.2, 0.25) is 0 Å². The summed E-state index contributed by atoms with van der Waals surface area (Å²) in [5.41, 5.74) is 2.31. The van der Waals surface area contributed by atoms with Gasteiger partial charge in [0, 0.05) is 13.1 Å². The van der Waals surface area contributed by atoms with E-state index in [0.717, 1.165) is 22.3 Å². The van der Waals surface area contributed by atoms with Crippen molar-refractivity contribution in [3.05, 3.63) is 89.0 Å². The number of esters is 1. The summed E-state index contributed by atoms with van der Waals surface area (Å²) < 4.78 is 32.8. The second-order valence-corrected chi connectivity index (χ2v) is 9.03. The maximum Gasteiger partial charge on any atom is 0.324 e. The molecule has 6 heteroatoms. The molecule has 4 rings (SSSR count). The van der Waals surface area contributed by atoms with E-state index in [1.54, 1.807) is 24.3 Å². The Hall–Kier alpha value is -2.70. The van der Waals surface area contributed by atoms with Crippen LogP contribution < -0.4 is 0 Å². The summed E-state index contributed by atoms with van der Waals surface area (Å²) in [5, 5.41) is 0. The molecule has 5 nitrogen and oxygen atoms in total. The van der Waals surface area contributed by atoms with Crippen LogP contribution in [-0.4, -0.2) is 38.9 Å². The third-order valence-corrected chi connectivity index (χ3v) is 7.28. The highest BCUT2D eigenvalue weighted by Gasteiger charge is 2.50. The molecule has 0 aromatic heterocycles. The number of aryl methyl sites for hydroxylation is 1. The van der Waals surface area contributed by atoms with Crippen molar-refractivity contribution in [2.75, 3.05) is 20.2 Å². The zero-order valence-electron chi connectivity index (χ0n) is 15.8. The average Bonchev–Trinajstić information content (AvgIpc) is 3.29. The smallest absolute Gasteiger partial charge is 0.324 e. The van der Waals surface area contributed by atoms with Crippen molar-refractivity contribution in [3.63, 3.8) is 0 Å². The van der Waals surface area contributed by atoms with Gasteiger partial charge in [-0.2, -0.15) is 4.31 Å². The Morgan fingerprint density at radius 1 is 1.04 bits per heavy atom. The molecule has 2 aliphatic rings. The van der Waals surface area contributed by atoms with Crippen LogP contribution in [0.5, 0.6) is 0 Å². The number of nitrogens with zero attached hydrogens (tertiary/aromatic N) is 1. The van der Waals surface area contributed by atoms with Gasteiger partial charge in [0.1, 0.15) is 5.41 Å². The number of hydrogen-bond donors (Lipinski definition) is 0. The fourth-order valence-corrected chi connectivity index (χ4v) is 5.33. The summed E-state index contributed by atoms with van der Waals surface area (Å²) in [4.78, 5) is 13.1. The molecular formula is C22H21NO4S. The van der Waals surface area contributed by atoms with Gasteiger partial charge in [0.2, 0.25) is 10.0 Å². The van der Waals surface area contributed by atoms with Gasteiger partial charge in [-0.15, -0.1) is 0 Å². The molecule has 28 heavy (non-hydrogen) atoms. The molecule has 0 saturated heterocycles. The SMILES string of the molecule is COC(=O)C1(c2ccccc2)C=CC2=C1CN(S(=O)(=O)c1ccc(C)cc1)C2. The van der Waals surface area contributed by atoms with Crippen LogP contribution in [0.4, 0.5) is 0 Å². The van der Waals surface area contributed by atoms with Crippen LogP contribution >= 0.6 is 0 Å². The molecule has 0 N–H and O–H groups in total. The summed E-state index contributed by atoms with van der Waals surface area (Å²) in [6.07, 6.45) is 3.68. The van der Waals surface area contributed by atoms with Crippen molar-refractivity contribution in [1.82, 2.24) is 4.31 Å². The van der Waals surface area contributed by atoms with E-state index in [0.29, 0.717) is 0 Å². The van der Waals surface area contributed by atoms with E-state index in [1.807, 2.05) is 49.4 Å². The lowest BCUT2D eigenvalue weighted by Gasteiger charge is -2.29. The topological polar surface area (TPSA) is 63.7 Å². The third-order valence-electron chi connectivity index (χ3n) is 5.47. The first-order valence-corrected chi connectivity index (χ1v) is 10.5. The average molecular weight is 395 g/mol. The van der Waals surface area contributed by atoms with Gasteiger partial charge >= 0.3 is 5.97 Å². The van der Waals surface area contributed by atoms with Gasteiger partial charge < -0.3 is 4.74 Å². The third kappa shape index (κ3) is 2.72. The van der Waals surface area contributed by atoms with E-state index in [2.05, 4.69) is 0 Å². The first-order valence-electron chi connectivity index (χ1n) is 9.02. The van der Waals surface area contributed by atoms with Gasteiger partial charge in [0.05, 0.1) is 12.0 Å². The zero-order valence-corrected chi connectivity index (χ0v) is 16.6. The molecule has 0 amide bonds. The van der Waals surface area contributed by atoms with Crippen LogP contribution in [0.25, 0.3) is 0 Å². The number of sulfonamides is 1. The molecule has 1 aliphatic heterocycles. The van der Waals surface area contributed by atoms with Crippen LogP contribution in [0.1, 0.15) is 11.1 Å². The molecule has 1 aliphatic carbocycles. The minimum atomic E-state index is -3.66. The Morgan fingerprint density at radius 3 is 2.36 bits per heavy atom. The number of rotatable bonds is 4. The van der Waals surface area contributed by atoms with Crippen molar-refractivity contribution in [3.8, 4) is 0 Å². The van der Waals surface area contributed by atoms with Crippen LogP contribution in [0.3, 0.4) is 0 Å². The van der Waals surface area contributed by atoms with E-state index < -0.39 is 21.4 Å². The van der Waals surface area contributed by atoms with Gasteiger partial charge in [-0.25, -0.2) is 8.42 Å². The normalized spacial score (nSPS) is 21.8. The maximum atomic E-state index is 13.1. The lowest BCUT2D eigenvalue weighted by atomic mass is 9.76. The summed E-state index contributed by atoms with van der Waals surface area (Å²) >= 11 is 0. The number of hydrogen-bond acceptors (Lipinski definition) is 4. The number of carbonyl (C=O) groups excluding carboxylic acids is 1. The molecule has 144 valence electrons. The summed E-state index contributed by atoms with van der Waals surface area (Å²) in [7, 11) is -2.30. The van der Waals surface area contributed by atoms with Crippen LogP contribution in [0.15, 0.2) is 82.8 Å².